The van der Waals surface area contributed by atoms with Crippen molar-refractivity contribution in [3.05, 3.63) is 50.1 Å². The number of carboxylic acid groups (broad SMARTS) is 1. The monoisotopic (exact) mass is 286 g/mol. The Balaban J connectivity index is 2.21. The maximum atomic E-state index is 13.5. The number of thiazole rings is 1. The number of carboxylic acids is 1. The van der Waals surface area contributed by atoms with E-state index in [0.717, 1.165) is 23.5 Å². The van der Waals surface area contributed by atoms with Crippen LogP contribution in [0.5, 0.6) is 0 Å². The lowest BCUT2D eigenvalue weighted by atomic mass is 10.2. The summed E-state index contributed by atoms with van der Waals surface area (Å²) in [5, 5.41) is 12.6. The van der Waals surface area contributed by atoms with Crippen LogP contribution in [-0.4, -0.2) is 16.1 Å². The first kappa shape index (κ1) is 13.2. The van der Waals surface area contributed by atoms with Crippen molar-refractivity contribution in [1.29, 1.82) is 0 Å². The summed E-state index contributed by atoms with van der Waals surface area (Å²) in [6.07, 6.45) is 0. The van der Waals surface area contributed by atoms with Crippen molar-refractivity contribution in [2.75, 3.05) is 5.32 Å². The molecule has 100 valence electrons. The number of rotatable bonds is 4. The molecule has 0 bridgehead atoms. The Morgan fingerprint density at radius 3 is 2.47 bits per heavy atom. The Morgan fingerprint density at radius 2 is 2.00 bits per heavy atom. The molecule has 1 aromatic heterocycles. The van der Waals surface area contributed by atoms with Crippen LogP contribution in [0.25, 0.3) is 0 Å². The lowest BCUT2D eigenvalue weighted by Crippen LogP contribution is -2.08. The second-order valence-electron chi connectivity index (χ2n) is 3.65. The fourth-order valence-electron chi connectivity index (χ4n) is 1.45. The molecule has 2 rings (SSSR count). The zero-order valence-corrected chi connectivity index (χ0v) is 10.2. The lowest BCUT2D eigenvalue weighted by Gasteiger charge is -2.08. The van der Waals surface area contributed by atoms with E-state index in [1.165, 1.54) is 5.38 Å². The van der Waals surface area contributed by atoms with E-state index in [2.05, 4.69) is 10.3 Å². The fraction of sp³-hybridized carbons (Fsp3) is 0.0909. The van der Waals surface area contributed by atoms with Gasteiger partial charge in [-0.25, -0.2) is 13.6 Å². The molecule has 1 heterocycles. The third-order valence-corrected chi connectivity index (χ3v) is 3.03. The summed E-state index contributed by atoms with van der Waals surface area (Å²) in [4.78, 5) is 23.7. The quantitative estimate of drug-likeness (QED) is 0.803. The van der Waals surface area contributed by atoms with E-state index in [0.29, 0.717) is 5.69 Å². The van der Waals surface area contributed by atoms with E-state index in [1.54, 1.807) is 0 Å². The average Bonchev–Trinajstić information content (AvgIpc) is 2.73. The lowest BCUT2D eigenvalue weighted by molar-refractivity contribution is 0.0696. The van der Waals surface area contributed by atoms with Gasteiger partial charge in [0.05, 0.1) is 12.1 Å². The molecule has 0 saturated heterocycles. The summed E-state index contributed by atoms with van der Waals surface area (Å²) in [6.45, 7) is 0.0268. The number of carbonyl (C=O) groups is 1. The van der Waals surface area contributed by atoms with E-state index >= 15 is 0 Å². The smallest absolute Gasteiger partial charge is 0.335 e. The van der Waals surface area contributed by atoms with Crippen LogP contribution in [0.1, 0.15) is 16.1 Å². The summed E-state index contributed by atoms with van der Waals surface area (Å²) in [5.74, 6) is -3.42. The molecule has 0 fully saturated rings. The Hall–Kier alpha value is -2.22. The number of aromatic carboxylic acids is 1. The van der Waals surface area contributed by atoms with Crippen LogP contribution in [0.3, 0.4) is 0 Å². The Bertz CT molecular complexity index is 658. The highest BCUT2D eigenvalue weighted by molar-refractivity contribution is 7.07. The number of hydrogen-bond acceptors (Lipinski definition) is 4. The molecule has 0 unspecified atom stereocenters. The minimum absolute atomic E-state index is 0.0268. The average molecular weight is 286 g/mol. The molecular weight excluding hydrogens is 278 g/mol. The van der Waals surface area contributed by atoms with Gasteiger partial charge in [0.15, 0.2) is 0 Å². The van der Waals surface area contributed by atoms with Gasteiger partial charge in [0.25, 0.3) is 0 Å². The highest BCUT2D eigenvalue weighted by Crippen LogP contribution is 2.21. The van der Waals surface area contributed by atoms with Gasteiger partial charge >= 0.3 is 10.8 Å². The largest absolute Gasteiger partial charge is 0.478 e. The number of nitrogens with one attached hydrogen (secondary N) is 2. The van der Waals surface area contributed by atoms with Gasteiger partial charge in [0.1, 0.15) is 17.3 Å². The summed E-state index contributed by atoms with van der Waals surface area (Å²) in [6, 6.07) is 1.45. The molecule has 8 heteroatoms. The van der Waals surface area contributed by atoms with Crippen LogP contribution in [0.15, 0.2) is 22.3 Å². The standard InChI is InChI=1S/C11H8F2N2O3S/c12-7-1-5(10(16)17)2-8(13)9(7)14-3-6-4-19-11(18)15-6/h1-2,4,14H,3H2,(H,15,18)(H,16,17). The number of hydrogen-bond donors (Lipinski definition) is 3. The second kappa shape index (κ2) is 5.19. The topological polar surface area (TPSA) is 82.2 Å². The molecule has 19 heavy (non-hydrogen) atoms. The number of aromatic nitrogens is 1. The van der Waals surface area contributed by atoms with Crippen molar-refractivity contribution >= 4 is 23.0 Å². The van der Waals surface area contributed by atoms with E-state index in [1.807, 2.05) is 0 Å². The van der Waals surface area contributed by atoms with Gasteiger partial charge in [-0.3, -0.25) is 4.79 Å². The predicted octanol–water partition coefficient (Wildman–Crippen LogP) is 2.02. The van der Waals surface area contributed by atoms with Crippen LogP contribution in [0.2, 0.25) is 0 Å². The van der Waals surface area contributed by atoms with Crippen molar-refractivity contribution < 1.29 is 18.7 Å². The van der Waals surface area contributed by atoms with Crippen LogP contribution in [0.4, 0.5) is 14.5 Å². The fourth-order valence-corrected chi connectivity index (χ4v) is 2.03. The SMILES string of the molecule is O=C(O)c1cc(F)c(NCc2csc(=O)[nH]2)c(F)c1. The van der Waals surface area contributed by atoms with Gasteiger partial charge < -0.3 is 15.4 Å². The molecule has 5 nitrogen and oxygen atoms in total. The van der Waals surface area contributed by atoms with Gasteiger partial charge in [-0.05, 0) is 12.1 Å². The number of anilines is 1. The summed E-state index contributed by atoms with van der Waals surface area (Å²) in [5.41, 5.74) is -0.419. The highest BCUT2D eigenvalue weighted by atomic mass is 32.1. The molecular formula is C11H8F2N2O3S. The maximum absolute atomic E-state index is 13.5. The third kappa shape index (κ3) is 2.97. The van der Waals surface area contributed by atoms with Crippen molar-refractivity contribution in [2.45, 2.75) is 6.54 Å². The second-order valence-corrected chi connectivity index (χ2v) is 4.49. The van der Waals surface area contributed by atoms with Crippen molar-refractivity contribution in [3.8, 4) is 0 Å². The molecule has 0 aliphatic carbocycles. The Kier molecular flexibility index (Phi) is 3.61. The van der Waals surface area contributed by atoms with Crippen molar-refractivity contribution in [2.24, 2.45) is 0 Å². The van der Waals surface area contributed by atoms with Crippen molar-refractivity contribution in [3.63, 3.8) is 0 Å². The Morgan fingerprint density at radius 1 is 1.37 bits per heavy atom. The molecule has 3 N–H and O–H groups in total. The van der Waals surface area contributed by atoms with E-state index in [-0.39, 0.29) is 11.4 Å². The minimum Gasteiger partial charge on any atom is -0.478 e. The van der Waals surface area contributed by atoms with Crippen molar-refractivity contribution in [1.82, 2.24) is 4.98 Å². The van der Waals surface area contributed by atoms with Gasteiger partial charge in [-0.1, -0.05) is 11.3 Å². The first-order valence-electron chi connectivity index (χ1n) is 5.10. The van der Waals surface area contributed by atoms with Crippen LogP contribution in [-0.2, 0) is 6.54 Å². The molecule has 2 aromatic rings. The van der Waals surface area contributed by atoms with Gasteiger partial charge in [0.2, 0.25) is 0 Å². The van der Waals surface area contributed by atoms with Gasteiger partial charge in [-0.15, -0.1) is 0 Å². The molecule has 0 aliphatic rings. The summed E-state index contributed by atoms with van der Waals surface area (Å²) >= 11 is 0.938. The van der Waals surface area contributed by atoms with Crippen LogP contribution >= 0.6 is 11.3 Å². The zero-order chi connectivity index (χ0) is 14.0. The molecule has 0 atom stereocenters. The normalized spacial score (nSPS) is 10.4. The first-order valence-corrected chi connectivity index (χ1v) is 5.98. The molecule has 1 aromatic carbocycles. The number of halogens is 2. The highest BCUT2D eigenvalue weighted by Gasteiger charge is 2.14. The first-order chi connectivity index (χ1) is 8.97. The predicted molar refractivity (Wildman–Crippen MR) is 65.6 cm³/mol. The van der Waals surface area contributed by atoms with E-state index in [4.69, 9.17) is 5.11 Å². The van der Waals surface area contributed by atoms with Gasteiger partial charge in [-0.2, -0.15) is 0 Å². The maximum Gasteiger partial charge on any atom is 0.335 e. The zero-order valence-electron chi connectivity index (χ0n) is 9.37. The van der Waals surface area contributed by atoms with E-state index in [9.17, 15) is 18.4 Å². The van der Waals surface area contributed by atoms with Gasteiger partial charge in [0, 0.05) is 11.1 Å². The minimum atomic E-state index is -1.41. The van der Waals surface area contributed by atoms with Crippen LogP contribution < -0.4 is 10.2 Å². The number of H-pyrrole nitrogens is 1. The summed E-state index contributed by atoms with van der Waals surface area (Å²) < 4.78 is 27.1. The molecule has 0 saturated carbocycles. The number of aromatic amines is 1. The van der Waals surface area contributed by atoms with E-state index < -0.39 is 28.9 Å². The molecule has 0 spiro atoms. The molecule has 0 radical (unpaired) electrons. The molecule has 0 aliphatic heterocycles. The number of benzene rings is 1. The van der Waals surface area contributed by atoms with Crippen LogP contribution in [0, 0.1) is 11.6 Å². The molecule has 0 amide bonds. The third-order valence-electron chi connectivity index (χ3n) is 2.32. The Labute approximate surface area is 109 Å². The summed E-state index contributed by atoms with van der Waals surface area (Å²) in [7, 11) is 0.